The zero-order valence-electron chi connectivity index (χ0n) is 20.2. The molecule has 0 saturated heterocycles. The number of allylic oxidation sites excluding steroid dienone is 1. The van der Waals surface area contributed by atoms with Gasteiger partial charge < -0.3 is 26.6 Å². The van der Waals surface area contributed by atoms with E-state index in [1.807, 2.05) is 12.2 Å². The van der Waals surface area contributed by atoms with Crippen LogP contribution < -0.4 is 16.4 Å². The van der Waals surface area contributed by atoms with Crippen LogP contribution in [0, 0.1) is 0 Å². The van der Waals surface area contributed by atoms with E-state index in [-0.39, 0.29) is 30.5 Å². The van der Waals surface area contributed by atoms with Gasteiger partial charge in [-0.3, -0.25) is 14.4 Å². The quantitative estimate of drug-likeness (QED) is 0.0644. The Morgan fingerprint density at radius 2 is 1.64 bits per heavy atom. The van der Waals surface area contributed by atoms with Gasteiger partial charge in [0.1, 0.15) is 0 Å². The lowest BCUT2D eigenvalue weighted by molar-refractivity contribution is -0.137. The van der Waals surface area contributed by atoms with Crippen LogP contribution in [0.2, 0.25) is 0 Å². The van der Waals surface area contributed by atoms with E-state index in [0.29, 0.717) is 6.41 Å². The van der Waals surface area contributed by atoms with Gasteiger partial charge in [-0.1, -0.05) is 76.9 Å². The Balaban J connectivity index is 4.30. The summed E-state index contributed by atoms with van der Waals surface area (Å²) in [6.45, 7) is 2.24. The van der Waals surface area contributed by atoms with E-state index in [0.717, 1.165) is 12.8 Å². The average Bonchev–Trinajstić information content (AvgIpc) is 2.79. The van der Waals surface area contributed by atoms with Crippen molar-refractivity contribution in [3.63, 3.8) is 0 Å². The van der Waals surface area contributed by atoms with Crippen molar-refractivity contribution in [1.29, 1.82) is 0 Å². The van der Waals surface area contributed by atoms with Gasteiger partial charge in [0.25, 0.3) is 0 Å². The second-order valence-corrected chi connectivity index (χ2v) is 9.55. The van der Waals surface area contributed by atoms with Crippen LogP contribution in [0.1, 0.15) is 90.4 Å². The summed E-state index contributed by atoms with van der Waals surface area (Å²) in [7, 11) is 0. The number of aliphatic hydroxyl groups excluding tert-OH is 1. The third-order valence-electron chi connectivity index (χ3n) is 5.34. The molecule has 0 aromatic carbocycles. The molecule has 3 unspecified atom stereocenters. The van der Waals surface area contributed by atoms with Crippen LogP contribution >= 0.6 is 11.8 Å². The first-order chi connectivity index (χ1) is 15.9. The molecule has 33 heavy (non-hydrogen) atoms. The van der Waals surface area contributed by atoms with E-state index in [9.17, 15) is 19.5 Å². The summed E-state index contributed by atoms with van der Waals surface area (Å²) in [4.78, 5) is 33.0. The molecular formula is C24H45N3O5S. The maximum absolute atomic E-state index is 11.9. The van der Waals surface area contributed by atoms with Crippen molar-refractivity contribution >= 4 is 30.0 Å². The molecule has 0 radical (unpaired) electrons. The molecule has 0 heterocycles. The standard InChI is InChI=1S/C24H45N3O5S/c1-2-3-4-5-6-7-8-9-10-11-12-13-14-22(21(29)15-16-23(30)31)33-17-20(25)24(32)27-18-26-19-28/h13-14,19-22,29H,2-12,15-18,25H2,1H3,(H,26,28)(H,27,32)(H,30,31)/b14-13-. The average molecular weight is 488 g/mol. The van der Waals surface area contributed by atoms with E-state index >= 15 is 0 Å². The van der Waals surface area contributed by atoms with Crippen molar-refractivity contribution in [1.82, 2.24) is 10.6 Å². The molecule has 0 aromatic heterocycles. The molecule has 0 rings (SSSR count). The SMILES string of the molecule is CCCCCCCCCCCC/C=C\C(SCC(N)C(=O)NCNC=O)C(O)CCC(=O)O. The molecule has 0 aromatic rings. The van der Waals surface area contributed by atoms with Crippen molar-refractivity contribution in [2.75, 3.05) is 12.4 Å². The van der Waals surface area contributed by atoms with Gasteiger partial charge in [-0.25, -0.2) is 0 Å². The van der Waals surface area contributed by atoms with Crippen LogP contribution in [0.4, 0.5) is 0 Å². The first-order valence-corrected chi connectivity index (χ1v) is 13.4. The maximum Gasteiger partial charge on any atom is 0.303 e. The summed E-state index contributed by atoms with van der Waals surface area (Å²) in [5.74, 6) is -1.08. The summed E-state index contributed by atoms with van der Waals surface area (Å²) in [5, 5.41) is 23.8. The fourth-order valence-electron chi connectivity index (χ4n) is 3.31. The van der Waals surface area contributed by atoms with E-state index < -0.39 is 24.0 Å². The number of amides is 2. The van der Waals surface area contributed by atoms with Gasteiger partial charge in [0.05, 0.1) is 18.8 Å². The Hall–Kier alpha value is -1.58. The van der Waals surface area contributed by atoms with Gasteiger partial charge >= 0.3 is 5.97 Å². The van der Waals surface area contributed by atoms with Crippen LogP contribution in [-0.4, -0.2) is 58.3 Å². The number of nitrogens with two attached hydrogens (primary N) is 1. The van der Waals surface area contributed by atoms with Gasteiger partial charge in [-0.15, -0.1) is 11.8 Å². The number of rotatable bonds is 23. The Labute approximate surface area is 203 Å². The van der Waals surface area contributed by atoms with E-state index in [1.165, 1.54) is 69.5 Å². The van der Waals surface area contributed by atoms with Crippen LogP contribution in [0.15, 0.2) is 12.2 Å². The lowest BCUT2D eigenvalue weighted by atomic mass is 10.1. The lowest BCUT2D eigenvalue weighted by Gasteiger charge is -2.21. The monoisotopic (exact) mass is 487 g/mol. The number of hydrogen-bond donors (Lipinski definition) is 5. The topological polar surface area (TPSA) is 142 Å². The summed E-state index contributed by atoms with van der Waals surface area (Å²) in [6, 6.07) is -0.798. The highest BCUT2D eigenvalue weighted by Crippen LogP contribution is 2.21. The van der Waals surface area contributed by atoms with E-state index in [2.05, 4.69) is 17.6 Å². The van der Waals surface area contributed by atoms with Crippen LogP contribution in [0.25, 0.3) is 0 Å². The minimum absolute atomic E-state index is 0.00409. The highest BCUT2D eigenvalue weighted by Gasteiger charge is 2.21. The van der Waals surface area contributed by atoms with Crippen molar-refractivity contribution in [2.24, 2.45) is 5.73 Å². The van der Waals surface area contributed by atoms with Gasteiger partial charge in [-0.2, -0.15) is 0 Å². The second kappa shape index (κ2) is 22.2. The van der Waals surface area contributed by atoms with Gasteiger partial charge in [0.2, 0.25) is 12.3 Å². The molecule has 0 bridgehead atoms. The molecular weight excluding hydrogens is 442 g/mol. The molecule has 0 aliphatic carbocycles. The number of carboxylic acid groups (broad SMARTS) is 1. The van der Waals surface area contributed by atoms with Gasteiger partial charge in [0.15, 0.2) is 0 Å². The molecule has 192 valence electrons. The molecule has 6 N–H and O–H groups in total. The molecule has 0 fully saturated rings. The summed E-state index contributed by atoms with van der Waals surface area (Å²) < 4.78 is 0. The number of nitrogens with one attached hydrogen (secondary N) is 2. The Morgan fingerprint density at radius 3 is 2.21 bits per heavy atom. The normalized spacial score (nSPS) is 14.0. The summed E-state index contributed by atoms with van der Waals surface area (Å²) >= 11 is 1.33. The number of aliphatic carboxylic acids is 1. The lowest BCUT2D eigenvalue weighted by Crippen LogP contribution is -2.45. The number of carboxylic acids is 1. The maximum atomic E-state index is 11.9. The van der Waals surface area contributed by atoms with Crippen molar-refractivity contribution in [3.05, 3.63) is 12.2 Å². The number of thioether (sulfide) groups is 1. The molecule has 0 aliphatic heterocycles. The van der Waals surface area contributed by atoms with E-state index in [4.69, 9.17) is 10.8 Å². The van der Waals surface area contributed by atoms with Crippen LogP contribution in [0.5, 0.6) is 0 Å². The molecule has 0 spiro atoms. The predicted molar refractivity (Wildman–Crippen MR) is 135 cm³/mol. The van der Waals surface area contributed by atoms with Crippen LogP contribution in [-0.2, 0) is 14.4 Å². The number of carbonyl (C=O) groups is 3. The predicted octanol–water partition coefficient (Wildman–Crippen LogP) is 3.33. The Bertz CT molecular complexity index is 548. The molecule has 3 atom stereocenters. The number of carbonyl (C=O) groups excluding carboxylic acids is 2. The van der Waals surface area contributed by atoms with Crippen molar-refractivity contribution < 1.29 is 24.6 Å². The van der Waals surface area contributed by atoms with Crippen molar-refractivity contribution in [3.8, 4) is 0 Å². The van der Waals surface area contributed by atoms with Crippen LogP contribution in [0.3, 0.4) is 0 Å². The molecule has 0 saturated carbocycles. The largest absolute Gasteiger partial charge is 0.481 e. The van der Waals surface area contributed by atoms with Gasteiger partial charge in [-0.05, 0) is 19.3 Å². The minimum Gasteiger partial charge on any atom is -0.481 e. The first-order valence-electron chi connectivity index (χ1n) is 12.3. The zero-order valence-corrected chi connectivity index (χ0v) is 21.0. The highest BCUT2D eigenvalue weighted by atomic mass is 32.2. The van der Waals surface area contributed by atoms with E-state index in [1.54, 1.807) is 0 Å². The Morgan fingerprint density at radius 1 is 1.03 bits per heavy atom. The van der Waals surface area contributed by atoms with Gasteiger partial charge in [0, 0.05) is 17.4 Å². The number of aliphatic hydroxyl groups is 1. The first kappa shape index (κ1) is 31.4. The fraction of sp³-hybridized carbons (Fsp3) is 0.792. The zero-order chi connectivity index (χ0) is 24.7. The third kappa shape index (κ3) is 19.6. The minimum atomic E-state index is -0.953. The van der Waals surface area contributed by atoms with Crippen molar-refractivity contribution in [2.45, 2.75) is 108 Å². The molecule has 2 amide bonds. The summed E-state index contributed by atoms with van der Waals surface area (Å²) in [5.41, 5.74) is 5.89. The Kier molecular flexibility index (Phi) is 21.2. The smallest absolute Gasteiger partial charge is 0.303 e. The molecule has 9 heteroatoms. The second-order valence-electron chi connectivity index (χ2n) is 8.34. The number of unbranched alkanes of at least 4 members (excludes halogenated alkanes) is 10. The third-order valence-corrected chi connectivity index (χ3v) is 6.74. The fourth-order valence-corrected chi connectivity index (χ4v) is 4.47. The molecule has 8 nitrogen and oxygen atoms in total. The number of hydrogen-bond acceptors (Lipinski definition) is 6. The molecule has 0 aliphatic rings. The summed E-state index contributed by atoms with van der Waals surface area (Å²) in [6.07, 6.45) is 17.3. The highest BCUT2D eigenvalue weighted by molar-refractivity contribution is 8.00.